The number of halogens is 2. The molecule has 0 fully saturated rings. The third-order valence-corrected chi connectivity index (χ3v) is 3.80. The van der Waals surface area contributed by atoms with Gasteiger partial charge in [0.25, 0.3) is 5.91 Å². The summed E-state index contributed by atoms with van der Waals surface area (Å²) in [6.45, 7) is 4.60. The second kappa shape index (κ2) is 7.01. The molecular formula is C14H20BrFN2O. The molecule has 2 N–H and O–H groups in total. The van der Waals surface area contributed by atoms with Gasteiger partial charge in [0.05, 0.1) is 10.0 Å². The Morgan fingerprint density at radius 2 is 2.11 bits per heavy atom. The summed E-state index contributed by atoms with van der Waals surface area (Å²) >= 11 is 3.08. The predicted molar refractivity (Wildman–Crippen MR) is 78.5 cm³/mol. The third-order valence-electron chi connectivity index (χ3n) is 3.18. The van der Waals surface area contributed by atoms with E-state index in [9.17, 15) is 9.18 Å². The van der Waals surface area contributed by atoms with Gasteiger partial charge in [0, 0.05) is 19.6 Å². The maximum atomic E-state index is 13.8. The number of benzene rings is 1. The molecule has 0 aromatic heterocycles. The van der Waals surface area contributed by atoms with E-state index < -0.39 is 5.82 Å². The Morgan fingerprint density at radius 1 is 1.47 bits per heavy atom. The first-order valence-corrected chi connectivity index (χ1v) is 7.09. The lowest BCUT2D eigenvalue weighted by Crippen LogP contribution is -2.35. The Morgan fingerprint density at radius 3 is 2.68 bits per heavy atom. The standard InChI is InChI=1S/C14H20BrFN2O/c1-9(2)12(17)7-8-18(3)14(19)10-5-4-6-11(15)13(10)16/h4-6,9,12H,7-8,17H2,1-3H3. The van der Waals surface area contributed by atoms with Crippen LogP contribution in [0.1, 0.15) is 30.6 Å². The van der Waals surface area contributed by atoms with Crippen LogP contribution >= 0.6 is 15.9 Å². The number of amides is 1. The summed E-state index contributed by atoms with van der Waals surface area (Å²) in [4.78, 5) is 13.6. The highest BCUT2D eigenvalue weighted by atomic mass is 79.9. The van der Waals surface area contributed by atoms with Crippen LogP contribution in [-0.2, 0) is 0 Å². The van der Waals surface area contributed by atoms with Gasteiger partial charge in [0.2, 0.25) is 0 Å². The topological polar surface area (TPSA) is 46.3 Å². The molecule has 1 unspecified atom stereocenters. The van der Waals surface area contributed by atoms with Crippen LogP contribution in [0.3, 0.4) is 0 Å². The summed E-state index contributed by atoms with van der Waals surface area (Å²) in [6.07, 6.45) is 0.704. The molecule has 3 nitrogen and oxygen atoms in total. The Kier molecular flexibility index (Phi) is 5.94. The molecule has 1 aromatic carbocycles. The minimum Gasteiger partial charge on any atom is -0.342 e. The fourth-order valence-corrected chi connectivity index (χ4v) is 2.02. The third kappa shape index (κ3) is 4.28. The SMILES string of the molecule is CC(C)C(N)CCN(C)C(=O)c1cccc(Br)c1F. The van der Waals surface area contributed by atoms with Gasteiger partial charge in [-0.2, -0.15) is 0 Å². The van der Waals surface area contributed by atoms with Crippen LogP contribution in [0.2, 0.25) is 0 Å². The van der Waals surface area contributed by atoms with E-state index in [1.165, 1.54) is 11.0 Å². The highest BCUT2D eigenvalue weighted by Crippen LogP contribution is 2.19. The van der Waals surface area contributed by atoms with Crippen molar-refractivity contribution in [3.63, 3.8) is 0 Å². The fourth-order valence-electron chi connectivity index (χ4n) is 1.65. The van der Waals surface area contributed by atoms with E-state index in [1.54, 1.807) is 19.2 Å². The summed E-state index contributed by atoms with van der Waals surface area (Å²) in [6, 6.07) is 4.75. The van der Waals surface area contributed by atoms with E-state index in [0.717, 1.165) is 0 Å². The van der Waals surface area contributed by atoms with Crippen molar-refractivity contribution in [2.24, 2.45) is 11.7 Å². The van der Waals surface area contributed by atoms with Crippen molar-refractivity contribution in [1.82, 2.24) is 4.90 Å². The summed E-state index contributed by atoms with van der Waals surface area (Å²) in [5.74, 6) is -0.478. The van der Waals surface area contributed by atoms with Crippen LogP contribution in [-0.4, -0.2) is 30.4 Å². The minimum atomic E-state index is -0.521. The molecule has 0 aliphatic rings. The molecule has 1 rings (SSSR count). The van der Waals surface area contributed by atoms with E-state index >= 15 is 0 Å². The molecule has 5 heteroatoms. The van der Waals surface area contributed by atoms with Crippen molar-refractivity contribution in [3.05, 3.63) is 34.1 Å². The van der Waals surface area contributed by atoms with E-state index in [4.69, 9.17) is 5.73 Å². The summed E-state index contributed by atoms with van der Waals surface area (Å²) in [7, 11) is 1.66. The molecule has 0 aliphatic heterocycles. The van der Waals surface area contributed by atoms with Crippen molar-refractivity contribution >= 4 is 21.8 Å². The number of nitrogens with two attached hydrogens (primary N) is 1. The lowest BCUT2D eigenvalue weighted by atomic mass is 10.0. The molecule has 0 aliphatic carbocycles. The van der Waals surface area contributed by atoms with Gasteiger partial charge >= 0.3 is 0 Å². The number of carbonyl (C=O) groups is 1. The van der Waals surface area contributed by atoms with Crippen LogP contribution in [0.25, 0.3) is 0 Å². The van der Waals surface area contributed by atoms with Crippen molar-refractivity contribution < 1.29 is 9.18 Å². The van der Waals surface area contributed by atoms with Gasteiger partial charge in [-0.25, -0.2) is 4.39 Å². The summed E-state index contributed by atoms with van der Waals surface area (Å²) in [5, 5.41) is 0. The maximum Gasteiger partial charge on any atom is 0.256 e. The van der Waals surface area contributed by atoms with Crippen molar-refractivity contribution in [1.29, 1.82) is 0 Å². The second-order valence-electron chi connectivity index (χ2n) is 5.02. The molecular weight excluding hydrogens is 311 g/mol. The van der Waals surface area contributed by atoms with Crippen molar-refractivity contribution in [2.75, 3.05) is 13.6 Å². The van der Waals surface area contributed by atoms with Crippen LogP contribution in [0, 0.1) is 11.7 Å². The Bertz CT molecular complexity index is 451. The maximum absolute atomic E-state index is 13.8. The van der Waals surface area contributed by atoms with Gasteiger partial charge in [-0.3, -0.25) is 4.79 Å². The molecule has 0 saturated carbocycles. The minimum absolute atomic E-state index is 0.0441. The first-order chi connectivity index (χ1) is 8.84. The largest absolute Gasteiger partial charge is 0.342 e. The number of rotatable bonds is 5. The fraction of sp³-hybridized carbons (Fsp3) is 0.500. The number of hydrogen-bond donors (Lipinski definition) is 1. The average Bonchev–Trinajstić information content (AvgIpc) is 2.37. The van der Waals surface area contributed by atoms with Crippen LogP contribution in [0.15, 0.2) is 22.7 Å². The molecule has 0 saturated heterocycles. The predicted octanol–water partition coefficient (Wildman–Crippen LogP) is 3.03. The quantitative estimate of drug-likeness (QED) is 0.901. The monoisotopic (exact) mass is 330 g/mol. The average molecular weight is 331 g/mol. The lowest BCUT2D eigenvalue weighted by molar-refractivity contribution is 0.0784. The molecule has 0 heterocycles. The van der Waals surface area contributed by atoms with Gasteiger partial charge in [-0.05, 0) is 40.4 Å². The molecule has 106 valence electrons. The molecule has 1 aromatic rings. The van der Waals surface area contributed by atoms with E-state index in [0.29, 0.717) is 23.4 Å². The molecule has 0 bridgehead atoms. The molecule has 0 radical (unpaired) electrons. The zero-order valence-electron chi connectivity index (χ0n) is 11.5. The molecule has 1 amide bonds. The zero-order chi connectivity index (χ0) is 14.6. The highest BCUT2D eigenvalue weighted by Gasteiger charge is 2.18. The first kappa shape index (κ1) is 16.1. The normalized spacial score (nSPS) is 12.6. The van der Waals surface area contributed by atoms with Crippen molar-refractivity contribution in [3.8, 4) is 0 Å². The van der Waals surface area contributed by atoms with Gasteiger partial charge in [0.1, 0.15) is 5.82 Å². The Balaban J connectivity index is 2.69. The zero-order valence-corrected chi connectivity index (χ0v) is 13.1. The van der Waals surface area contributed by atoms with Crippen LogP contribution in [0.4, 0.5) is 4.39 Å². The molecule has 1 atom stereocenters. The molecule has 0 spiro atoms. The van der Waals surface area contributed by atoms with Gasteiger partial charge in [-0.15, -0.1) is 0 Å². The van der Waals surface area contributed by atoms with E-state index in [2.05, 4.69) is 15.9 Å². The Hall–Kier alpha value is -0.940. The van der Waals surface area contributed by atoms with Crippen LogP contribution < -0.4 is 5.73 Å². The second-order valence-corrected chi connectivity index (χ2v) is 5.88. The lowest BCUT2D eigenvalue weighted by Gasteiger charge is -2.21. The number of nitrogens with zero attached hydrogens (tertiary/aromatic N) is 1. The summed E-state index contributed by atoms with van der Waals surface area (Å²) < 4.78 is 14.1. The summed E-state index contributed by atoms with van der Waals surface area (Å²) in [5.41, 5.74) is 6.02. The van der Waals surface area contributed by atoms with Crippen molar-refractivity contribution in [2.45, 2.75) is 26.3 Å². The Labute approximate surface area is 122 Å². The van der Waals surface area contributed by atoms with Gasteiger partial charge in [0.15, 0.2) is 0 Å². The van der Waals surface area contributed by atoms with E-state index in [1.807, 2.05) is 13.8 Å². The number of carbonyl (C=O) groups excluding carboxylic acids is 1. The number of hydrogen-bond acceptors (Lipinski definition) is 2. The van der Waals surface area contributed by atoms with E-state index in [-0.39, 0.29) is 17.5 Å². The van der Waals surface area contributed by atoms with Crippen LogP contribution in [0.5, 0.6) is 0 Å². The first-order valence-electron chi connectivity index (χ1n) is 6.29. The molecule has 19 heavy (non-hydrogen) atoms. The highest BCUT2D eigenvalue weighted by molar-refractivity contribution is 9.10. The van der Waals surface area contributed by atoms with Gasteiger partial charge < -0.3 is 10.6 Å². The van der Waals surface area contributed by atoms with Gasteiger partial charge in [-0.1, -0.05) is 19.9 Å². The smallest absolute Gasteiger partial charge is 0.256 e.